The number of aliphatic hydroxyl groups is 1. The quantitative estimate of drug-likeness (QED) is 0.829. The summed E-state index contributed by atoms with van der Waals surface area (Å²) < 4.78 is 5.32. The van der Waals surface area contributed by atoms with Crippen molar-refractivity contribution < 1.29 is 14.6 Å². The molecule has 2 rings (SSSR count). The average Bonchev–Trinajstić information content (AvgIpc) is 2.46. The molecule has 0 saturated carbocycles. The number of benzene rings is 1. The summed E-state index contributed by atoms with van der Waals surface area (Å²) in [6, 6.07) is 8.11. The number of nitrogens with zero attached hydrogens (tertiary/aromatic N) is 1. The van der Waals surface area contributed by atoms with Crippen LogP contribution in [0.3, 0.4) is 0 Å². The number of carbonyl (C=O) groups excluding carboxylic acids is 1. The van der Waals surface area contributed by atoms with Gasteiger partial charge < -0.3 is 9.84 Å². The summed E-state index contributed by atoms with van der Waals surface area (Å²) in [4.78, 5) is 16.3. The third kappa shape index (κ3) is 4.22. The summed E-state index contributed by atoms with van der Waals surface area (Å²) in [7, 11) is 0. The molecule has 2 aromatic rings. The zero-order valence-corrected chi connectivity index (χ0v) is 14.5. The molecule has 0 bridgehead atoms. The first-order valence-electron chi connectivity index (χ1n) is 7.01. The molecule has 0 saturated heterocycles. The van der Waals surface area contributed by atoms with E-state index in [2.05, 4.69) is 4.98 Å². The molecule has 122 valence electrons. The molecule has 1 N–H and O–H groups in total. The molecule has 1 atom stereocenters. The van der Waals surface area contributed by atoms with Gasteiger partial charge in [-0.3, -0.25) is 4.98 Å². The number of halogens is 2. The molecule has 23 heavy (non-hydrogen) atoms. The molecule has 1 aromatic carbocycles. The highest BCUT2D eigenvalue weighted by atomic mass is 35.5. The van der Waals surface area contributed by atoms with E-state index in [0.29, 0.717) is 5.69 Å². The number of esters is 1. The van der Waals surface area contributed by atoms with Gasteiger partial charge in [0.05, 0.1) is 16.3 Å². The number of rotatable bonds is 3. The summed E-state index contributed by atoms with van der Waals surface area (Å²) in [5.41, 5.74) is 0.115. The SMILES string of the molecule is CC(C)(C)OC(=O)c1ccc(Cl)c(C(O)c2ccccn2)c1Cl. The predicted molar refractivity (Wildman–Crippen MR) is 89.9 cm³/mol. The number of aromatic nitrogens is 1. The fourth-order valence-corrected chi connectivity index (χ4v) is 2.65. The van der Waals surface area contributed by atoms with Crippen LogP contribution >= 0.6 is 23.2 Å². The smallest absolute Gasteiger partial charge is 0.340 e. The van der Waals surface area contributed by atoms with Crippen LogP contribution in [0.15, 0.2) is 36.5 Å². The van der Waals surface area contributed by atoms with Gasteiger partial charge in [0, 0.05) is 16.8 Å². The summed E-state index contributed by atoms with van der Waals surface area (Å²) in [5.74, 6) is -0.575. The van der Waals surface area contributed by atoms with Crippen molar-refractivity contribution in [3.8, 4) is 0 Å². The Labute approximate surface area is 145 Å². The lowest BCUT2D eigenvalue weighted by molar-refractivity contribution is 0.00695. The van der Waals surface area contributed by atoms with Crippen molar-refractivity contribution in [3.05, 3.63) is 63.4 Å². The van der Waals surface area contributed by atoms with Gasteiger partial charge >= 0.3 is 5.97 Å². The number of carbonyl (C=O) groups is 1. The van der Waals surface area contributed by atoms with Crippen molar-refractivity contribution >= 4 is 29.2 Å². The zero-order chi connectivity index (χ0) is 17.2. The Kier molecular flexibility index (Phi) is 5.30. The lowest BCUT2D eigenvalue weighted by atomic mass is 10.0. The van der Waals surface area contributed by atoms with Crippen LogP contribution in [0.1, 0.15) is 48.5 Å². The van der Waals surface area contributed by atoms with Crippen LogP contribution in [-0.4, -0.2) is 21.7 Å². The maximum Gasteiger partial charge on any atom is 0.340 e. The van der Waals surface area contributed by atoms with E-state index in [0.717, 1.165) is 0 Å². The number of aliphatic hydroxyl groups excluding tert-OH is 1. The minimum absolute atomic E-state index is 0.0601. The van der Waals surface area contributed by atoms with Gasteiger partial charge in [-0.2, -0.15) is 0 Å². The van der Waals surface area contributed by atoms with E-state index in [9.17, 15) is 9.90 Å². The van der Waals surface area contributed by atoms with Crippen molar-refractivity contribution in [2.24, 2.45) is 0 Å². The molecule has 0 aliphatic heterocycles. The Bertz CT molecular complexity index is 712. The molecular formula is C17H17Cl2NO3. The number of pyridine rings is 1. The van der Waals surface area contributed by atoms with Crippen LogP contribution in [0.5, 0.6) is 0 Å². The van der Waals surface area contributed by atoms with E-state index in [4.69, 9.17) is 27.9 Å². The molecule has 1 aromatic heterocycles. The van der Waals surface area contributed by atoms with E-state index >= 15 is 0 Å². The Hall–Kier alpha value is -1.62. The first-order valence-corrected chi connectivity index (χ1v) is 7.76. The van der Waals surface area contributed by atoms with Crippen LogP contribution in [0, 0.1) is 0 Å². The largest absolute Gasteiger partial charge is 0.456 e. The van der Waals surface area contributed by atoms with E-state index in [1.54, 1.807) is 45.2 Å². The van der Waals surface area contributed by atoms with Crippen molar-refractivity contribution in [3.63, 3.8) is 0 Å². The lowest BCUT2D eigenvalue weighted by Gasteiger charge is -2.21. The molecule has 0 radical (unpaired) electrons. The van der Waals surface area contributed by atoms with Gasteiger partial charge in [-0.1, -0.05) is 29.3 Å². The predicted octanol–water partition coefficient (Wildman–Crippen LogP) is 4.43. The second-order valence-corrected chi connectivity index (χ2v) is 6.77. The minimum atomic E-state index is -1.14. The van der Waals surface area contributed by atoms with Crippen molar-refractivity contribution in [1.82, 2.24) is 4.98 Å². The monoisotopic (exact) mass is 353 g/mol. The Morgan fingerprint density at radius 2 is 1.91 bits per heavy atom. The Morgan fingerprint density at radius 1 is 1.22 bits per heavy atom. The molecule has 0 fully saturated rings. The first-order chi connectivity index (χ1) is 10.7. The van der Waals surface area contributed by atoms with Gasteiger partial charge in [0.15, 0.2) is 0 Å². The maximum atomic E-state index is 12.3. The molecule has 1 unspecified atom stereocenters. The third-order valence-electron chi connectivity index (χ3n) is 2.99. The normalized spacial score (nSPS) is 12.8. The van der Waals surface area contributed by atoms with E-state index < -0.39 is 17.7 Å². The van der Waals surface area contributed by atoms with Gasteiger partial charge in [0.25, 0.3) is 0 Å². The van der Waals surface area contributed by atoms with Crippen LogP contribution in [-0.2, 0) is 4.74 Å². The van der Waals surface area contributed by atoms with Crippen molar-refractivity contribution in [2.45, 2.75) is 32.5 Å². The van der Waals surface area contributed by atoms with Gasteiger partial charge in [-0.25, -0.2) is 4.79 Å². The lowest BCUT2D eigenvalue weighted by Crippen LogP contribution is -2.24. The second-order valence-electron chi connectivity index (χ2n) is 5.98. The number of hydrogen-bond acceptors (Lipinski definition) is 4. The van der Waals surface area contributed by atoms with Crippen molar-refractivity contribution in [2.75, 3.05) is 0 Å². The minimum Gasteiger partial charge on any atom is -0.456 e. The summed E-state index contributed by atoms with van der Waals surface area (Å²) in [6.45, 7) is 5.29. The fraction of sp³-hybridized carbons (Fsp3) is 0.294. The first kappa shape index (κ1) is 17.7. The zero-order valence-electron chi connectivity index (χ0n) is 13.0. The second kappa shape index (κ2) is 6.87. The number of hydrogen-bond donors (Lipinski definition) is 1. The molecule has 6 heteroatoms. The van der Waals surface area contributed by atoms with Crippen LogP contribution in [0.25, 0.3) is 0 Å². The van der Waals surface area contributed by atoms with Crippen LogP contribution < -0.4 is 0 Å². The topological polar surface area (TPSA) is 59.4 Å². The summed E-state index contributed by atoms with van der Waals surface area (Å²) >= 11 is 12.5. The highest BCUT2D eigenvalue weighted by molar-refractivity contribution is 6.38. The summed E-state index contributed by atoms with van der Waals surface area (Å²) in [5, 5.41) is 10.8. The van der Waals surface area contributed by atoms with Gasteiger partial charge in [0.1, 0.15) is 11.7 Å². The Balaban J connectivity index is 2.45. The number of ether oxygens (including phenoxy) is 1. The molecule has 0 aliphatic carbocycles. The van der Waals surface area contributed by atoms with Crippen LogP contribution in [0.2, 0.25) is 10.0 Å². The van der Waals surface area contributed by atoms with Gasteiger partial charge in [-0.15, -0.1) is 0 Å². The van der Waals surface area contributed by atoms with Crippen molar-refractivity contribution in [1.29, 1.82) is 0 Å². The van der Waals surface area contributed by atoms with Gasteiger partial charge in [-0.05, 0) is 45.0 Å². The standard InChI is InChI=1S/C17H17Cl2NO3/c1-17(2,3)23-16(22)10-7-8-11(18)13(14(10)19)15(21)12-6-4-5-9-20-12/h4-9,15,21H,1-3H3. The molecular weight excluding hydrogens is 337 g/mol. The third-order valence-corrected chi connectivity index (χ3v) is 3.72. The Morgan fingerprint density at radius 3 is 2.48 bits per heavy atom. The average molecular weight is 354 g/mol. The molecule has 1 heterocycles. The fourth-order valence-electron chi connectivity index (χ4n) is 2.00. The molecule has 0 aliphatic rings. The summed E-state index contributed by atoms with van der Waals surface area (Å²) in [6.07, 6.45) is 0.413. The maximum absolute atomic E-state index is 12.3. The molecule has 0 spiro atoms. The highest BCUT2D eigenvalue weighted by Gasteiger charge is 2.26. The van der Waals surface area contributed by atoms with E-state index in [1.165, 1.54) is 12.1 Å². The van der Waals surface area contributed by atoms with Crippen LogP contribution in [0.4, 0.5) is 0 Å². The highest BCUT2D eigenvalue weighted by Crippen LogP contribution is 2.36. The van der Waals surface area contributed by atoms with Gasteiger partial charge in [0.2, 0.25) is 0 Å². The molecule has 0 amide bonds. The van der Waals surface area contributed by atoms with E-state index in [-0.39, 0.29) is 21.2 Å². The van der Waals surface area contributed by atoms with E-state index in [1.807, 2.05) is 0 Å². The molecule has 4 nitrogen and oxygen atoms in total.